The molecule has 1 heterocycles. The average Bonchev–Trinajstić information content (AvgIpc) is 3.00. The molecule has 3 aromatic carbocycles. The predicted molar refractivity (Wildman–Crippen MR) is 168 cm³/mol. The molecular weight excluding hydrogens is 682 g/mol. The number of aliphatic hydroxyl groups excluding tert-OH is 1. The van der Waals surface area contributed by atoms with Crippen LogP contribution in [0.15, 0.2) is 58.3 Å². The van der Waals surface area contributed by atoms with Crippen molar-refractivity contribution >= 4 is 78.0 Å². The van der Waals surface area contributed by atoms with Crippen molar-refractivity contribution in [3.05, 3.63) is 76.1 Å². The highest BCUT2D eigenvalue weighted by Gasteiger charge is 2.36. The van der Waals surface area contributed by atoms with Crippen LogP contribution in [0.5, 0.6) is 0 Å². The van der Waals surface area contributed by atoms with Crippen LogP contribution in [0.1, 0.15) is 31.8 Å². The molecule has 47 heavy (non-hydrogen) atoms. The topological polar surface area (TPSA) is 273 Å². The second-order valence-electron chi connectivity index (χ2n) is 9.72. The third-order valence-corrected chi connectivity index (χ3v) is 8.59. The number of nitrogens with one attached hydrogen (secondary N) is 3. The molecule has 0 spiro atoms. The standard InChI is InChI=1S/C27H24ClN7O10S2/c28-25-33-26(30-7-9-45-10-8-36)35-27(34-25)32-16-6-5-13(11-18(16)46(39,40)41)31-17-12-19(47(42,43)44)22(29)21-20(17)23(37)14-3-1-2-4-15(14)24(21)38/h1-6,11-12,31,36H,7-10,29H2,(H,39,40,41)(H,42,43,44)(H2,30,32,33,34,35). The molecule has 20 heteroatoms. The number of hydrogen-bond acceptors (Lipinski definition) is 15. The number of nitrogens with zero attached hydrogens (tertiary/aromatic N) is 3. The number of anilines is 6. The van der Waals surface area contributed by atoms with E-state index in [1.807, 2.05) is 0 Å². The van der Waals surface area contributed by atoms with Gasteiger partial charge in [0.2, 0.25) is 17.2 Å². The summed E-state index contributed by atoms with van der Waals surface area (Å²) < 4.78 is 74.4. The van der Waals surface area contributed by atoms with Gasteiger partial charge >= 0.3 is 0 Å². The maximum absolute atomic E-state index is 13.6. The number of nitrogen functional groups attached to an aromatic ring is 1. The van der Waals surface area contributed by atoms with E-state index in [1.165, 1.54) is 36.4 Å². The average molecular weight is 706 g/mol. The van der Waals surface area contributed by atoms with Crippen LogP contribution in [0, 0.1) is 0 Å². The Hall–Kier alpha value is -4.76. The quantitative estimate of drug-likeness (QED) is 0.0557. The fourth-order valence-electron chi connectivity index (χ4n) is 4.69. The summed E-state index contributed by atoms with van der Waals surface area (Å²) >= 11 is 5.99. The number of nitrogens with two attached hydrogens (primary N) is 1. The summed E-state index contributed by atoms with van der Waals surface area (Å²) in [5.74, 6) is -1.70. The Kier molecular flexibility index (Phi) is 9.41. The first kappa shape index (κ1) is 33.6. The lowest BCUT2D eigenvalue weighted by Crippen LogP contribution is -2.25. The van der Waals surface area contributed by atoms with Crippen molar-refractivity contribution in [2.45, 2.75) is 9.79 Å². The molecule has 0 saturated carbocycles. The van der Waals surface area contributed by atoms with E-state index < -0.39 is 52.8 Å². The number of rotatable bonds is 12. The van der Waals surface area contributed by atoms with Gasteiger partial charge in [-0.15, -0.1) is 0 Å². The third-order valence-electron chi connectivity index (χ3n) is 6.64. The highest BCUT2D eigenvalue weighted by atomic mass is 35.5. The normalized spacial score (nSPS) is 12.8. The maximum atomic E-state index is 13.6. The van der Waals surface area contributed by atoms with Gasteiger partial charge in [0.25, 0.3) is 20.2 Å². The Morgan fingerprint density at radius 2 is 1.43 bits per heavy atom. The molecular formula is C27H24ClN7O10S2. The van der Waals surface area contributed by atoms with Crippen LogP contribution in [0.3, 0.4) is 0 Å². The van der Waals surface area contributed by atoms with Gasteiger partial charge in [0.05, 0.1) is 48.0 Å². The first-order valence-electron chi connectivity index (χ1n) is 13.3. The first-order valence-corrected chi connectivity index (χ1v) is 16.6. The molecule has 246 valence electrons. The molecule has 0 amide bonds. The fraction of sp³-hybridized carbons (Fsp3) is 0.148. The van der Waals surface area contributed by atoms with Crippen LogP contribution in [0.4, 0.5) is 34.6 Å². The summed E-state index contributed by atoms with van der Waals surface area (Å²) in [6.45, 7) is 0.393. The molecule has 4 aromatic rings. The molecule has 0 aliphatic heterocycles. The van der Waals surface area contributed by atoms with E-state index in [9.17, 15) is 35.5 Å². The van der Waals surface area contributed by atoms with Crippen molar-refractivity contribution in [1.82, 2.24) is 15.0 Å². The fourth-order valence-corrected chi connectivity index (χ4v) is 6.16. The minimum absolute atomic E-state index is 0.00431. The van der Waals surface area contributed by atoms with Crippen molar-refractivity contribution in [2.24, 2.45) is 0 Å². The molecule has 1 aliphatic rings. The van der Waals surface area contributed by atoms with Crippen LogP contribution in [0.25, 0.3) is 0 Å². The highest BCUT2D eigenvalue weighted by molar-refractivity contribution is 7.86. The smallest absolute Gasteiger partial charge is 0.296 e. The Labute approximate surface area is 271 Å². The summed E-state index contributed by atoms with van der Waals surface area (Å²) in [4.78, 5) is 37.3. The molecule has 0 bridgehead atoms. The number of ether oxygens (including phenoxy) is 1. The van der Waals surface area contributed by atoms with E-state index in [0.717, 1.165) is 12.1 Å². The van der Waals surface area contributed by atoms with Gasteiger partial charge in [-0.25, -0.2) is 0 Å². The lowest BCUT2D eigenvalue weighted by Gasteiger charge is -2.24. The maximum Gasteiger partial charge on any atom is 0.296 e. The molecule has 5 rings (SSSR count). The molecule has 0 unspecified atom stereocenters. The van der Waals surface area contributed by atoms with Gasteiger partial charge < -0.3 is 31.5 Å². The summed E-state index contributed by atoms with van der Waals surface area (Å²) in [7, 11) is -9.98. The summed E-state index contributed by atoms with van der Waals surface area (Å²) in [6.07, 6.45) is 0. The van der Waals surface area contributed by atoms with E-state index in [0.29, 0.717) is 0 Å². The molecule has 0 atom stereocenters. The minimum atomic E-state index is -5.02. The first-order chi connectivity index (χ1) is 22.2. The van der Waals surface area contributed by atoms with Crippen LogP contribution >= 0.6 is 11.6 Å². The van der Waals surface area contributed by atoms with Gasteiger partial charge in [-0.3, -0.25) is 18.7 Å². The van der Waals surface area contributed by atoms with E-state index in [1.54, 1.807) is 0 Å². The Bertz CT molecular complexity index is 2150. The number of aromatic nitrogens is 3. The van der Waals surface area contributed by atoms with E-state index in [-0.39, 0.29) is 77.3 Å². The number of carbonyl (C=O) groups is 2. The van der Waals surface area contributed by atoms with Crippen molar-refractivity contribution in [2.75, 3.05) is 48.0 Å². The van der Waals surface area contributed by atoms with Gasteiger partial charge in [-0.1, -0.05) is 24.3 Å². The monoisotopic (exact) mass is 705 g/mol. The molecule has 8 N–H and O–H groups in total. The number of ketones is 2. The summed E-state index contributed by atoms with van der Waals surface area (Å²) in [5.41, 5.74) is 3.88. The number of halogens is 1. The zero-order chi connectivity index (χ0) is 34.1. The van der Waals surface area contributed by atoms with E-state index >= 15 is 0 Å². The van der Waals surface area contributed by atoms with Crippen LogP contribution in [-0.4, -0.2) is 83.9 Å². The second kappa shape index (κ2) is 13.2. The van der Waals surface area contributed by atoms with E-state index in [2.05, 4.69) is 30.9 Å². The van der Waals surface area contributed by atoms with Crippen LogP contribution in [-0.2, 0) is 25.0 Å². The Balaban J connectivity index is 1.53. The molecule has 17 nitrogen and oxygen atoms in total. The number of hydrogen-bond donors (Lipinski definition) is 7. The summed E-state index contributed by atoms with van der Waals surface area (Å²) in [5, 5.41) is 16.7. The van der Waals surface area contributed by atoms with Gasteiger partial charge in [-0.05, 0) is 35.9 Å². The zero-order valence-electron chi connectivity index (χ0n) is 23.8. The number of carbonyl (C=O) groups excluding carboxylic acids is 2. The zero-order valence-corrected chi connectivity index (χ0v) is 26.1. The predicted octanol–water partition coefficient (Wildman–Crippen LogP) is 2.28. The van der Waals surface area contributed by atoms with E-state index in [4.69, 9.17) is 27.2 Å². The van der Waals surface area contributed by atoms with Crippen molar-refractivity contribution in [3.8, 4) is 0 Å². The Morgan fingerprint density at radius 3 is 2.06 bits per heavy atom. The number of benzene rings is 3. The number of fused-ring (bicyclic) bond motifs is 2. The largest absolute Gasteiger partial charge is 0.397 e. The van der Waals surface area contributed by atoms with Crippen LogP contribution in [0.2, 0.25) is 5.28 Å². The van der Waals surface area contributed by atoms with Crippen molar-refractivity contribution < 1.29 is 45.4 Å². The van der Waals surface area contributed by atoms with Crippen molar-refractivity contribution in [3.63, 3.8) is 0 Å². The molecule has 0 saturated heterocycles. The van der Waals surface area contributed by atoms with Gasteiger partial charge in [-0.2, -0.15) is 31.8 Å². The third kappa shape index (κ3) is 7.15. The van der Waals surface area contributed by atoms with Gasteiger partial charge in [0, 0.05) is 23.4 Å². The lowest BCUT2D eigenvalue weighted by atomic mass is 9.82. The minimum Gasteiger partial charge on any atom is -0.397 e. The summed E-state index contributed by atoms with van der Waals surface area (Å²) in [6, 6.07) is 10.0. The molecule has 1 aliphatic carbocycles. The van der Waals surface area contributed by atoms with Crippen molar-refractivity contribution in [1.29, 1.82) is 0 Å². The molecule has 1 aromatic heterocycles. The van der Waals surface area contributed by atoms with Crippen LogP contribution < -0.4 is 21.7 Å². The van der Waals surface area contributed by atoms with Gasteiger partial charge in [0.1, 0.15) is 9.79 Å². The molecule has 0 radical (unpaired) electrons. The van der Waals surface area contributed by atoms with Gasteiger partial charge in [0.15, 0.2) is 11.6 Å². The highest BCUT2D eigenvalue weighted by Crippen LogP contribution is 2.40. The SMILES string of the molecule is Nc1c(S(=O)(=O)O)cc(Nc2ccc(Nc3nc(Cl)nc(NCCOCCO)n3)c(S(=O)(=O)O)c2)c2c1C(=O)c1ccccc1C2=O. The second-order valence-corrected chi connectivity index (χ2v) is 12.8. The Morgan fingerprint density at radius 1 is 0.787 bits per heavy atom. The lowest BCUT2D eigenvalue weighted by molar-refractivity contribution is 0.0980. The number of aliphatic hydroxyl groups is 1. The molecule has 0 fully saturated rings.